The number of fused-ring (bicyclic) bond motifs is 1. The van der Waals surface area contributed by atoms with Gasteiger partial charge in [-0.1, -0.05) is 18.6 Å². The third-order valence-corrected chi connectivity index (χ3v) is 5.00. The number of nitrogens with zero attached hydrogens (tertiary/aromatic N) is 2. The maximum absolute atomic E-state index is 12.5. The normalized spacial score (nSPS) is 15.8. The molecule has 2 heterocycles. The molecule has 7 nitrogen and oxygen atoms in total. The Morgan fingerprint density at radius 3 is 2.56 bits per heavy atom. The summed E-state index contributed by atoms with van der Waals surface area (Å²) in [5.74, 6) is 0. The van der Waals surface area contributed by atoms with Crippen LogP contribution in [0.15, 0.2) is 29.2 Å². The summed E-state index contributed by atoms with van der Waals surface area (Å²) >= 11 is 0. The molecular weight excluding hydrogens is 342 g/mol. The highest BCUT2D eigenvalue weighted by atomic mass is 16.2. The van der Waals surface area contributed by atoms with Crippen molar-refractivity contribution in [2.75, 3.05) is 51.1 Å². The zero-order valence-corrected chi connectivity index (χ0v) is 16.2. The van der Waals surface area contributed by atoms with Crippen LogP contribution in [0.2, 0.25) is 0 Å². The number of hydrogen-bond donors (Lipinski definition) is 3. The topological polar surface area (TPSA) is 80.5 Å². The van der Waals surface area contributed by atoms with Gasteiger partial charge in [0, 0.05) is 56.4 Å². The fourth-order valence-corrected chi connectivity index (χ4v) is 3.47. The van der Waals surface area contributed by atoms with E-state index in [4.69, 9.17) is 0 Å². The summed E-state index contributed by atoms with van der Waals surface area (Å²) in [4.78, 5) is 32.6. The molecule has 2 aromatic rings. The van der Waals surface area contributed by atoms with Crippen molar-refractivity contribution in [1.29, 1.82) is 0 Å². The zero-order chi connectivity index (χ0) is 19.2. The van der Waals surface area contributed by atoms with Crippen LogP contribution in [0.1, 0.15) is 18.9 Å². The Morgan fingerprint density at radius 1 is 1.15 bits per heavy atom. The molecule has 0 atom stereocenters. The van der Waals surface area contributed by atoms with Crippen LogP contribution in [0.25, 0.3) is 10.9 Å². The van der Waals surface area contributed by atoms with E-state index < -0.39 is 0 Å². The first-order valence-electron chi connectivity index (χ1n) is 9.68. The second kappa shape index (κ2) is 9.01. The van der Waals surface area contributed by atoms with Crippen molar-refractivity contribution in [1.82, 2.24) is 20.1 Å². The van der Waals surface area contributed by atoms with Crippen molar-refractivity contribution in [2.24, 2.45) is 0 Å². The number of aromatic amines is 1. The number of urea groups is 1. The SMILES string of the molecule is CCCN1CCN(CCNC(=O)Nc2c[nH]c3ccc(C)cc3c2=O)CC1. The van der Waals surface area contributed by atoms with Gasteiger partial charge in [-0.25, -0.2) is 4.79 Å². The predicted molar refractivity (Wildman–Crippen MR) is 109 cm³/mol. The number of piperazine rings is 1. The van der Waals surface area contributed by atoms with Crippen LogP contribution in [0.5, 0.6) is 0 Å². The van der Waals surface area contributed by atoms with Crippen molar-refractivity contribution in [3.05, 3.63) is 40.2 Å². The van der Waals surface area contributed by atoms with E-state index in [2.05, 4.69) is 32.3 Å². The van der Waals surface area contributed by atoms with Gasteiger partial charge in [-0.05, 0) is 32.0 Å². The van der Waals surface area contributed by atoms with Crippen molar-refractivity contribution < 1.29 is 4.79 Å². The van der Waals surface area contributed by atoms with Crippen LogP contribution < -0.4 is 16.1 Å². The number of hydrogen-bond acceptors (Lipinski definition) is 4. The Hall–Kier alpha value is -2.38. The molecule has 146 valence electrons. The predicted octanol–water partition coefficient (Wildman–Crippen LogP) is 1.99. The molecule has 0 spiro atoms. The molecule has 2 amide bonds. The molecular formula is C20H29N5O2. The summed E-state index contributed by atoms with van der Waals surface area (Å²) < 4.78 is 0. The second-order valence-electron chi connectivity index (χ2n) is 7.14. The zero-order valence-electron chi connectivity index (χ0n) is 16.2. The van der Waals surface area contributed by atoms with Gasteiger partial charge in [0.15, 0.2) is 0 Å². The van der Waals surface area contributed by atoms with Gasteiger partial charge < -0.3 is 20.5 Å². The van der Waals surface area contributed by atoms with Gasteiger partial charge in [0.05, 0.1) is 0 Å². The summed E-state index contributed by atoms with van der Waals surface area (Å²) in [7, 11) is 0. The highest BCUT2D eigenvalue weighted by molar-refractivity contribution is 5.91. The lowest BCUT2D eigenvalue weighted by atomic mass is 10.1. The van der Waals surface area contributed by atoms with Gasteiger partial charge in [-0.3, -0.25) is 9.69 Å². The molecule has 3 rings (SSSR count). The van der Waals surface area contributed by atoms with Crippen LogP contribution in [-0.2, 0) is 0 Å². The Balaban J connectivity index is 1.48. The van der Waals surface area contributed by atoms with E-state index in [1.807, 2.05) is 25.1 Å². The van der Waals surface area contributed by atoms with E-state index in [-0.39, 0.29) is 17.1 Å². The number of H-pyrrole nitrogens is 1. The van der Waals surface area contributed by atoms with Gasteiger partial charge >= 0.3 is 6.03 Å². The molecule has 1 aromatic carbocycles. The molecule has 0 radical (unpaired) electrons. The number of benzene rings is 1. The first-order chi connectivity index (χ1) is 13.1. The minimum Gasteiger partial charge on any atom is -0.359 e. The van der Waals surface area contributed by atoms with Crippen LogP contribution in [0, 0.1) is 6.92 Å². The standard InChI is InChI=1S/C20H29N5O2/c1-3-7-24-9-11-25(12-10-24)8-6-21-20(27)23-18-14-22-17-5-4-15(2)13-16(17)19(18)26/h4-5,13-14H,3,6-12H2,1-2H3,(H,22,26)(H2,21,23,27). The van der Waals surface area contributed by atoms with Gasteiger partial charge in [-0.15, -0.1) is 0 Å². The summed E-state index contributed by atoms with van der Waals surface area (Å²) in [6, 6.07) is 5.29. The number of pyridine rings is 1. The number of carbonyl (C=O) groups excluding carboxylic acids is 1. The van der Waals surface area contributed by atoms with Gasteiger partial charge in [0.2, 0.25) is 5.43 Å². The number of aryl methyl sites for hydroxylation is 1. The van der Waals surface area contributed by atoms with Crippen molar-refractivity contribution in [2.45, 2.75) is 20.3 Å². The molecule has 0 aliphatic carbocycles. The molecule has 1 fully saturated rings. The summed E-state index contributed by atoms with van der Waals surface area (Å²) in [6.45, 7) is 10.9. The molecule has 0 saturated carbocycles. The minimum absolute atomic E-state index is 0.172. The number of carbonyl (C=O) groups is 1. The Kier molecular flexibility index (Phi) is 6.47. The Bertz CT molecular complexity index is 840. The summed E-state index contributed by atoms with van der Waals surface area (Å²) in [5, 5.41) is 6.09. The van der Waals surface area contributed by atoms with E-state index in [1.165, 1.54) is 6.42 Å². The van der Waals surface area contributed by atoms with Crippen LogP contribution in [0.4, 0.5) is 10.5 Å². The van der Waals surface area contributed by atoms with E-state index in [9.17, 15) is 9.59 Å². The molecule has 27 heavy (non-hydrogen) atoms. The van der Waals surface area contributed by atoms with Gasteiger partial charge in [-0.2, -0.15) is 0 Å². The highest BCUT2D eigenvalue weighted by Crippen LogP contribution is 2.12. The lowest BCUT2D eigenvalue weighted by molar-refractivity contribution is 0.133. The van der Waals surface area contributed by atoms with E-state index >= 15 is 0 Å². The maximum Gasteiger partial charge on any atom is 0.319 e. The molecule has 3 N–H and O–H groups in total. The van der Waals surface area contributed by atoms with Crippen molar-refractivity contribution >= 4 is 22.6 Å². The third-order valence-electron chi connectivity index (χ3n) is 5.00. The van der Waals surface area contributed by atoms with Crippen LogP contribution in [-0.4, -0.2) is 66.6 Å². The number of nitrogens with one attached hydrogen (secondary N) is 3. The van der Waals surface area contributed by atoms with Crippen LogP contribution in [0.3, 0.4) is 0 Å². The Labute approximate surface area is 159 Å². The summed E-state index contributed by atoms with van der Waals surface area (Å²) in [5.41, 5.74) is 1.86. The van der Waals surface area contributed by atoms with Gasteiger partial charge in [0.1, 0.15) is 5.69 Å². The second-order valence-corrected chi connectivity index (χ2v) is 7.14. The smallest absolute Gasteiger partial charge is 0.319 e. The highest BCUT2D eigenvalue weighted by Gasteiger charge is 2.16. The maximum atomic E-state index is 12.5. The molecule has 7 heteroatoms. The summed E-state index contributed by atoms with van der Waals surface area (Å²) in [6.07, 6.45) is 2.74. The van der Waals surface area contributed by atoms with Crippen molar-refractivity contribution in [3.63, 3.8) is 0 Å². The van der Waals surface area contributed by atoms with Crippen LogP contribution >= 0.6 is 0 Å². The monoisotopic (exact) mass is 371 g/mol. The fourth-order valence-electron chi connectivity index (χ4n) is 3.47. The van der Waals surface area contributed by atoms with Crippen molar-refractivity contribution in [3.8, 4) is 0 Å². The molecule has 1 aromatic heterocycles. The number of amides is 2. The molecule has 1 aliphatic rings. The molecule has 1 aliphatic heterocycles. The molecule has 1 saturated heterocycles. The van der Waals surface area contributed by atoms with Gasteiger partial charge in [0.25, 0.3) is 0 Å². The average molecular weight is 371 g/mol. The Morgan fingerprint density at radius 2 is 1.85 bits per heavy atom. The van der Waals surface area contributed by atoms with E-state index in [0.717, 1.165) is 50.3 Å². The largest absolute Gasteiger partial charge is 0.359 e. The molecule has 0 unspecified atom stereocenters. The lowest BCUT2D eigenvalue weighted by Gasteiger charge is -2.34. The minimum atomic E-state index is -0.350. The first kappa shape index (κ1) is 19.4. The number of anilines is 1. The quantitative estimate of drug-likeness (QED) is 0.725. The first-order valence-corrected chi connectivity index (χ1v) is 9.68. The average Bonchev–Trinajstić information content (AvgIpc) is 2.66. The number of aromatic nitrogens is 1. The van der Waals surface area contributed by atoms with E-state index in [0.29, 0.717) is 11.9 Å². The molecule has 0 bridgehead atoms. The van der Waals surface area contributed by atoms with E-state index in [1.54, 1.807) is 6.20 Å². The lowest BCUT2D eigenvalue weighted by Crippen LogP contribution is -2.48. The number of rotatable bonds is 6. The third kappa shape index (κ3) is 5.08. The fraction of sp³-hybridized carbons (Fsp3) is 0.500.